The fourth-order valence-electron chi connectivity index (χ4n) is 2.12. The molecule has 0 saturated heterocycles. The lowest BCUT2D eigenvalue weighted by atomic mass is 10.2. The Balaban J connectivity index is 2.66. The predicted octanol–water partition coefficient (Wildman–Crippen LogP) is 1.60. The van der Waals surface area contributed by atoms with E-state index in [0.29, 0.717) is 25.6 Å². The minimum atomic E-state index is -1.69. The summed E-state index contributed by atoms with van der Waals surface area (Å²) in [6.07, 6.45) is 0.612. The van der Waals surface area contributed by atoms with Gasteiger partial charge in [-0.1, -0.05) is 6.92 Å². The van der Waals surface area contributed by atoms with Crippen LogP contribution in [-0.4, -0.2) is 48.9 Å². The zero-order valence-corrected chi connectivity index (χ0v) is 14.5. The molecule has 1 rings (SSSR count). The number of imide groups is 1. The summed E-state index contributed by atoms with van der Waals surface area (Å²) in [6, 6.07) is 0.942. The molecule has 144 valence electrons. The Hall–Kier alpha value is -2.62. The summed E-state index contributed by atoms with van der Waals surface area (Å²) in [5.74, 6) is -5.88. The monoisotopic (exact) mass is 374 g/mol. The average Bonchev–Trinajstić information content (AvgIpc) is 2.55. The molecule has 7 nitrogen and oxygen atoms in total. The molecule has 0 saturated carbocycles. The van der Waals surface area contributed by atoms with Gasteiger partial charge in [0.1, 0.15) is 0 Å². The highest BCUT2D eigenvalue weighted by atomic mass is 19.2. The highest BCUT2D eigenvalue weighted by Gasteiger charge is 2.18. The summed E-state index contributed by atoms with van der Waals surface area (Å²) in [4.78, 5) is 36.5. The summed E-state index contributed by atoms with van der Waals surface area (Å²) in [5.41, 5.74) is -0.503. The summed E-state index contributed by atoms with van der Waals surface area (Å²) < 4.78 is 39.7. The Morgan fingerprint density at radius 2 is 1.65 bits per heavy atom. The topological polar surface area (TPSA) is 90.5 Å². The molecule has 0 aromatic heterocycles. The van der Waals surface area contributed by atoms with Gasteiger partial charge in [-0.3, -0.25) is 19.8 Å². The summed E-state index contributed by atoms with van der Waals surface area (Å²) in [5, 5.41) is 6.62. The van der Waals surface area contributed by atoms with Crippen LogP contribution in [0.5, 0.6) is 0 Å². The first-order valence-corrected chi connectivity index (χ1v) is 8.01. The molecule has 1 aromatic rings. The number of halogens is 3. The second kappa shape index (κ2) is 10.4. The van der Waals surface area contributed by atoms with Gasteiger partial charge >= 0.3 is 6.03 Å². The van der Waals surface area contributed by atoms with Gasteiger partial charge in [0.15, 0.2) is 17.5 Å². The third-order valence-electron chi connectivity index (χ3n) is 3.17. The number of urea groups is 1. The minimum absolute atomic E-state index is 0.237. The van der Waals surface area contributed by atoms with Crippen LogP contribution in [0.3, 0.4) is 0 Å². The highest BCUT2D eigenvalue weighted by molar-refractivity contribution is 5.96. The number of carbonyl (C=O) groups is 3. The highest BCUT2D eigenvalue weighted by Crippen LogP contribution is 2.19. The molecular weight excluding hydrogens is 353 g/mol. The molecule has 0 aliphatic heterocycles. The summed E-state index contributed by atoms with van der Waals surface area (Å²) in [6.45, 7) is 3.68. The first-order chi connectivity index (χ1) is 12.3. The quantitative estimate of drug-likeness (QED) is 0.603. The van der Waals surface area contributed by atoms with E-state index in [1.165, 1.54) is 4.90 Å². The molecule has 10 heteroatoms. The van der Waals surface area contributed by atoms with Gasteiger partial charge in [-0.05, 0) is 32.0 Å². The molecule has 0 spiro atoms. The zero-order valence-electron chi connectivity index (χ0n) is 14.5. The molecule has 3 N–H and O–H groups in total. The predicted molar refractivity (Wildman–Crippen MR) is 88.9 cm³/mol. The number of rotatable bonds is 8. The zero-order chi connectivity index (χ0) is 19.7. The van der Waals surface area contributed by atoms with E-state index in [2.05, 4.69) is 16.0 Å². The number of anilines is 1. The van der Waals surface area contributed by atoms with Gasteiger partial charge in [-0.25, -0.2) is 18.0 Å². The van der Waals surface area contributed by atoms with E-state index in [0.717, 1.165) is 6.07 Å². The fourth-order valence-corrected chi connectivity index (χ4v) is 2.12. The van der Waals surface area contributed by atoms with Crippen molar-refractivity contribution in [2.45, 2.75) is 20.3 Å². The van der Waals surface area contributed by atoms with Crippen molar-refractivity contribution in [2.24, 2.45) is 0 Å². The van der Waals surface area contributed by atoms with Crippen molar-refractivity contribution in [1.82, 2.24) is 15.5 Å². The van der Waals surface area contributed by atoms with Gasteiger partial charge in [0.05, 0.1) is 18.8 Å². The van der Waals surface area contributed by atoms with Crippen molar-refractivity contribution in [3.8, 4) is 0 Å². The normalized spacial score (nSPS) is 10.5. The van der Waals surface area contributed by atoms with Crippen LogP contribution < -0.4 is 16.0 Å². The Bertz CT molecular complexity index is 670. The molecule has 0 bridgehead atoms. The number of benzene rings is 1. The largest absolute Gasteiger partial charge is 0.338 e. The van der Waals surface area contributed by atoms with Gasteiger partial charge in [0.25, 0.3) is 0 Å². The number of carbonyl (C=O) groups excluding carboxylic acids is 3. The lowest BCUT2D eigenvalue weighted by Gasteiger charge is -2.20. The number of nitrogens with one attached hydrogen (secondary N) is 3. The van der Waals surface area contributed by atoms with E-state index in [1.54, 1.807) is 6.92 Å². The fraction of sp³-hybridized carbons (Fsp3) is 0.438. The molecule has 0 atom stereocenters. The van der Waals surface area contributed by atoms with Gasteiger partial charge in [-0.15, -0.1) is 0 Å². The molecular formula is C16H21F3N4O3. The van der Waals surface area contributed by atoms with Crippen LogP contribution in [0.25, 0.3) is 0 Å². The number of hydrogen-bond acceptors (Lipinski definition) is 4. The van der Waals surface area contributed by atoms with E-state index in [9.17, 15) is 27.6 Å². The van der Waals surface area contributed by atoms with E-state index in [1.807, 2.05) is 6.92 Å². The van der Waals surface area contributed by atoms with Gasteiger partial charge in [-0.2, -0.15) is 0 Å². The Kier molecular flexibility index (Phi) is 8.56. The maximum atomic E-state index is 13.6. The van der Waals surface area contributed by atoms with Crippen molar-refractivity contribution in [2.75, 3.05) is 31.5 Å². The maximum absolute atomic E-state index is 13.6. The van der Waals surface area contributed by atoms with Crippen LogP contribution in [0.1, 0.15) is 20.3 Å². The molecule has 0 unspecified atom stereocenters. The van der Waals surface area contributed by atoms with E-state index in [-0.39, 0.29) is 13.1 Å². The minimum Gasteiger partial charge on any atom is -0.338 e. The maximum Gasteiger partial charge on any atom is 0.321 e. The van der Waals surface area contributed by atoms with Crippen molar-refractivity contribution >= 4 is 23.5 Å². The number of nitrogens with zero attached hydrogens (tertiary/aromatic N) is 1. The lowest BCUT2D eigenvalue weighted by molar-refractivity contribution is -0.122. The van der Waals surface area contributed by atoms with Crippen LogP contribution >= 0.6 is 0 Å². The van der Waals surface area contributed by atoms with Crippen LogP contribution in [0.2, 0.25) is 0 Å². The number of amides is 4. The van der Waals surface area contributed by atoms with Crippen molar-refractivity contribution in [3.63, 3.8) is 0 Å². The Morgan fingerprint density at radius 1 is 1.00 bits per heavy atom. The van der Waals surface area contributed by atoms with Crippen LogP contribution in [0.4, 0.5) is 23.7 Å². The van der Waals surface area contributed by atoms with Crippen LogP contribution in [-0.2, 0) is 9.59 Å². The molecule has 0 aliphatic carbocycles. The molecule has 1 aromatic carbocycles. The smallest absolute Gasteiger partial charge is 0.321 e. The van der Waals surface area contributed by atoms with Crippen LogP contribution in [0, 0.1) is 17.5 Å². The molecule has 26 heavy (non-hydrogen) atoms. The molecule has 0 heterocycles. The van der Waals surface area contributed by atoms with Crippen molar-refractivity contribution in [1.29, 1.82) is 0 Å². The molecule has 0 radical (unpaired) electrons. The third kappa shape index (κ3) is 6.71. The van der Waals surface area contributed by atoms with Gasteiger partial charge < -0.3 is 10.6 Å². The van der Waals surface area contributed by atoms with E-state index < -0.39 is 41.0 Å². The lowest BCUT2D eigenvalue weighted by Crippen LogP contribution is -2.46. The van der Waals surface area contributed by atoms with Gasteiger partial charge in [0.2, 0.25) is 11.8 Å². The summed E-state index contributed by atoms with van der Waals surface area (Å²) in [7, 11) is 0. The summed E-state index contributed by atoms with van der Waals surface area (Å²) >= 11 is 0. The third-order valence-corrected chi connectivity index (χ3v) is 3.17. The molecule has 4 amide bonds. The number of hydrogen-bond donors (Lipinski definition) is 3. The molecule has 0 fully saturated rings. The standard InChI is InChI=1S/C16H21F3N4O3/c1-3-7-23(9-13(25)22-16(26)20-4-2)8-12(24)21-11-6-5-10(17)14(18)15(11)19/h5-6H,3-4,7-9H2,1-2H3,(H,21,24)(H2,20,22,25,26). The van der Waals surface area contributed by atoms with Crippen LogP contribution in [0.15, 0.2) is 12.1 Å². The second-order valence-corrected chi connectivity index (χ2v) is 5.39. The van der Waals surface area contributed by atoms with E-state index >= 15 is 0 Å². The molecule has 0 aliphatic rings. The van der Waals surface area contributed by atoms with Crippen molar-refractivity contribution < 1.29 is 27.6 Å². The Labute approximate surface area is 148 Å². The first kappa shape index (κ1) is 21.4. The van der Waals surface area contributed by atoms with E-state index in [4.69, 9.17) is 0 Å². The second-order valence-electron chi connectivity index (χ2n) is 5.39. The van der Waals surface area contributed by atoms with Crippen molar-refractivity contribution in [3.05, 3.63) is 29.6 Å². The van der Waals surface area contributed by atoms with Gasteiger partial charge in [0, 0.05) is 6.54 Å². The average molecular weight is 374 g/mol. The SMILES string of the molecule is CCCN(CC(=O)NC(=O)NCC)CC(=O)Nc1ccc(F)c(F)c1F. The first-order valence-electron chi connectivity index (χ1n) is 8.01. The Morgan fingerprint density at radius 3 is 2.27 bits per heavy atom.